The van der Waals surface area contributed by atoms with Gasteiger partial charge in [0.15, 0.2) is 0 Å². The number of amides is 1. The topological polar surface area (TPSA) is 131 Å². The molecule has 0 radical (unpaired) electrons. The molecule has 1 amide bonds. The number of carbonyl (C=O) groups excluding carboxylic acids is 1. The van der Waals surface area contributed by atoms with E-state index < -0.39 is 20.0 Å². The average Bonchev–Trinajstić information content (AvgIpc) is 3.14. The van der Waals surface area contributed by atoms with Gasteiger partial charge in [-0.3, -0.25) is 13.8 Å². The summed E-state index contributed by atoms with van der Waals surface area (Å²) < 4.78 is 22.1. The molecule has 5 N–H and O–H groups in total. The summed E-state index contributed by atoms with van der Waals surface area (Å²) in [6.45, 7) is 4.16. The van der Waals surface area contributed by atoms with Crippen molar-refractivity contribution in [3.05, 3.63) is 12.2 Å². The van der Waals surface area contributed by atoms with E-state index >= 15 is 0 Å². The van der Waals surface area contributed by atoms with Crippen LogP contribution in [0.2, 0.25) is 0 Å². The van der Waals surface area contributed by atoms with Gasteiger partial charge in [0.25, 0.3) is 0 Å². The Kier molecular flexibility index (Phi) is 40.3. The molecule has 0 aliphatic carbocycles. The fourth-order valence-electron chi connectivity index (χ4n) is 6.90. The van der Waals surface area contributed by atoms with Crippen LogP contribution >= 0.6 is 7.82 Å². The molecule has 0 aromatic carbocycles. The Morgan fingerprint density at radius 3 is 1.34 bits per heavy atom. The smallest absolute Gasteiger partial charge is 0.387 e. The third kappa shape index (κ3) is 39.3. The van der Waals surface area contributed by atoms with Crippen LogP contribution in [0.15, 0.2) is 12.2 Å². The van der Waals surface area contributed by atoms with Crippen molar-refractivity contribution in [1.29, 1.82) is 0 Å². The molecule has 0 heterocycles. The van der Waals surface area contributed by atoms with Crippen LogP contribution in [0.25, 0.3) is 0 Å². The van der Waals surface area contributed by atoms with E-state index in [2.05, 4.69) is 19.2 Å². The molecular weight excluding hydrogens is 683 g/mol. The Hall–Kier alpha value is -0.760. The normalized spacial score (nSPS) is 14.1. The Labute approximate surface area is 328 Å². The Morgan fingerprint density at radius 1 is 0.604 bits per heavy atom. The number of aliphatic hydroxyl groups excluding tert-OH is 1. The second-order valence-corrected chi connectivity index (χ2v) is 17.1. The number of carbonyl (C=O) groups is 1. The van der Waals surface area contributed by atoms with Gasteiger partial charge in [-0.25, -0.2) is 4.57 Å². The third-order valence-corrected chi connectivity index (χ3v) is 11.3. The highest BCUT2D eigenvalue weighted by Crippen LogP contribution is 2.43. The summed E-state index contributed by atoms with van der Waals surface area (Å²) in [5.41, 5.74) is 5.38. The van der Waals surface area contributed by atoms with Crippen LogP contribution in [-0.4, -0.2) is 47.8 Å². The van der Waals surface area contributed by atoms with Gasteiger partial charge in [0.05, 0.1) is 25.4 Å². The van der Waals surface area contributed by atoms with Crippen LogP contribution in [0.3, 0.4) is 0 Å². The van der Waals surface area contributed by atoms with Crippen LogP contribution < -0.4 is 11.1 Å². The van der Waals surface area contributed by atoms with Crippen molar-refractivity contribution in [3.63, 3.8) is 0 Å². The van der Waals surface area contributed by atoms with Crippen molar-refractivity contribution in [2.24, 2.45) is 5.73 Å². The molecule has 3 atom stereocenters. The summed E-state index contributed by atoms with van der Waals surface area (Å²) in [5, 5.41) is 13.7. The molecule has 0 aliphatic heterocycles. The van der Waals surface area contributed by atoms with E-state index in [1.807, 2.05) is 6.08 Å². The average molecular weight is 773 g/mol. The molecule has 0 fully saturated rings. The van der Waals surface area contributed by atoms with Crippen LogP contribution in [0, 0.1) is 0 Å². The second kappa shape index (κ2) is 40.9. The van der Waals surface area contributed by atoms with Crippen LogP contribution in [0.5, 0.6) is 0 Å². The molecule has 0 aromatic heterocycles. The van der Waals surface area contributed by atoms with E-state index in [9.17, 15) is 19.4 Å². The first-order chi connectivity index (χ1) is 25.9. The molecule has 3 unspecified atom stereocenters. The highest BCUT2D eigenvalue weighted by molar-refractivity contribution is 7.47. The van der Waals surface area contributed by atoms with E-state index in [1.54, 1.807) is 6.08 Å². The number of aliphatic hydroxyl groups is 1. The monoisotopic (exact) mass is 773 g/mol. The van der Waals surface area contributed by atoms with Gasteiger partial charge in [-0.2, -0.15) is 0 Å². The van der Waals surface area contributed by atoms with Gasteiger partial charge >= 0.3 is 7.82 Å². The van der Waals surface area contributed by atoms with Crippen molar-refractivity contribution < 1.29 is 28.4 Å². The van der Waals surface area contributed by atoms with E-state index in [-0.39, 0.29) is 25.7 Å². The fraction of sp³-hybridized carbons (Fsp3) is 0.932. The molecular formula is C44H89N2O6P. The van der Waals surface area contributed by atoms with Crippen LogP contribution in [0.4, 0.5) is 0 Å². The van der Waals surface area contributed by atoms with Crippen molar-refractivity contribution >= 4 is 13.7 Å². The first-order valence-electron chi connectivity index (χ1n) is 22.8. The summed E-state index contributed by atoms with van der Waals surface area (Å²) in [6, 6.07) is -0.854. The highest BCUT2D eigenvalue weighted by atomic mass is 31.2. The van der Waals surface area contributed by atoms with Crippen molar-refractivity contribution in [1.82, 2.24) is 5.32 Å². The van der Waals surface area contributed by atoms with Crippen molar-refractivity contribution in [2.75, 3.05) is 19.8 Å². The van der Waals surface area contributed by atoms with Gasteiger partial charge in [-0.15, -0.1) is 0 Å². The number of nitrogens with two attached hydrogens (primary N) is 1. The predicted molar refractivity (Wildman–Crippen MR) is 226 cm³/mol. The molecule has 0 bridgehead atoms. The number of rotatable bonds is 43. The number of hydrogen-bond acceptors (Lipinski definition) is 6. The third-order valence-electron chi connectivity index (χ3n) is 10.4. The van der Waals surface area contributed by atoms with Crippen molar-refractivity contribution in [3.8, 4) is 0 Å². The van der Waals surface area contributed by atoms with Gasteiger partial charge in [-0.1, -0.05) is 219 Å². The van der Waals surface area contributed by atoms with Gasteiger partial charge in [0, 0.05) is 13.0 Å². The standard InChI is InChI=1S/C44H89N2O6P/c1-3-5-7-9-11-13-15-17-19-20-21-22-23-24-25-27-29-31-33-35-37-43(47)42(41-52-53(49,50)51-40-39-45)46-44(48)38-36-34-32-30-28-26-18-16-14-12-10-8-6-4-2/h35,37,42-43,47H,3-34,36,38-41,45H2,1-2H3,(H,46,48)(H,49,50)/b37-35+. The largest absolute Gasteiger partial charge is 0.472 e. The predicted octanol–water partition coefficient (Wildman–Crippen LogP) is 12.8. The molecule has 8 nitrogen and oxygen atoms in total. The van der Waals surface area contributed by atoms with Crippen LogP contribution in [0.1, 0.15) is 232 Å². The maximum atomic E-state index is 12.7. The molecule has 0 rings (SSSR count). The molecule has 0 aliphatic rings. The molecule has 53 heavy (non-hydrogen) atoms. The molecule has 0 saturated carbocycles. The van der Waals surface area contributed by atoms with Gasteiger partial charge in [-0.05, 0) is 19.3 Å². The van der Waals surface area contributed by atoms with E-state index in [1.165, 1.54) is 173 Å². The number of unbranched alkanes of at least 4 members (excludes halogenated alkanes) is 31. The zero-order valence-electron chi connectivity index (χ0n) is 35.0. The number of hydrogen-bond donors (Lipinski definition) is 4. The summed E-state index contributed by atoms with van der Waals surface area (Å²) in [5.74, 6) is -0.191. The Balaban J connectivity index is 4.14. The SMILES string of the molecule is CCCCCCCCCCCCCCCCCCCC/C=C/C(O)C(COP(=O)(O)OCCN)NC(=O)CCCCCCCCCCCCCCCC. The molecule has 0 spiro atoms. The zero-order valence-corrected chi connectivity index (χ0v) is 35.9. The molecule has 316 valence electrons. The lowest BCUT2D eigenvalue weighted by Gasteiger charge is -2.23. The van der Waals surface area contributed by atoms with Crippen molar-refractivity contribution in [2.45, 2.75) is 244 Å². The van der Waals surface area contributed by atoms with Gasteiger partial charge in [0.1, 0.15) is 0 Å². The molecule has 9 heteroatoms. The van der Waals surface area contributed by atoms with Crippen LogP contribution in [-0.2, 0) is 18.4 Å². The van der Waals surface area contributed by atoms with E-state index in [4.69, 9.17) is 14.8 Å². The first kappa shape index (κ1) is 52.2. The minimum atomic E-state index is -4.33. The lowest BCUT2D eigenvalue weighted by molar-refractivity contribution is -0.123. The lowest BCUT2D eigenvalue weighted by Crippen LogP contribution is -2.45. The number of phosphoric ester groups is 1. The first-order valence-corrected chi connectivity index (χ1v) is 24.3. The summed E-state index contributed by atoms with van der Waals surface area (Å²) in [6.07, 6.45) is 45.5. The fourth-order valence-corrected chi connectivity index (χ4v) is 7.66. The number of allylic oxidation sites excluding steroid dienone is 1. The summed E-state index contributed by atoms with van der Waals surface area (Å²) >= 11 is 0. The Morgan fingerprint density at radius 2 is 0.962 bits per heavy atom. The second-order valence-electron chi connectivity index (χ2n) is 15.6. The Bertz CT molecular complexity index is 845. The zero-order chi connectivity index (χ0) is 38.9. The number of nitrogens with one attached hydrogen (secondary N) is 1. The summed E-state index contributed by atoms with van der Waals surface area (Å²) in [4.78, 5) is 22.7. The lowest BCUT2D eigenvalue weighted by atomic mass is 10.0. The minimum Gasteiger partial charge on any atom is -0.387 e. The quantitative estimate of drug-likeness (QED) is 0.0276. The minimum absolute atomic E-state index is 0.0814. The van der Waals surface area contributed by atoms with Gasteiger partial charge < -0.3 is 21.1 Å². The van der Waals surface area contributed by atoms with E-state index in [0.29, 0.717) is 6.42 Å². The molecule has 0 aromatic rings. The highest BCUT2D eigenvalue weighted by Gasteiger charge is 2.26. The summed E-state index contributed by atoms with van der Waals surface area (Å²) in [7, 11) is -4.33. The number of phosphoric acid groups is 1. The van der Waals surface area contributed by atoms with Gasteiger partial charge in [0.2, 0.25) is 5.91 Å². The maximum Gasteiger partial charge on any atom is 0.472 e. The van der Waals surface area contributed by atoms with E-state index in [0.717, 1.165) is 38.5 Å². The molecule has 0 saturated heterocycles. The maximum absolute atomic E-state index is 12.7.